The van der Waals surface area contributed by atoms with Crippen molar-refractivity contribution in [3.8, 4) is 0 Å². The summed E-state index contributed by atoms with van der Waals surface area (Å²) in [6, 6.07) is 0. The maximum atomic E-state index is 13.3. The Morgan fingerprint density at radius 2 is 0.742 bits per heavy atom. The van der Waals surface area contributed by atoms with E-state index in [1.54, 1.807) is 0 Å². The molecule has 0 amide bonds. The number of alkyl halides is 16. The molecule has 5 nitrogen and oxygen atoms in total. The normalized spacial score (nSPS) is 16.1. The van der Waals surface area contributed by atoms with E-state index in [2.05, 4.69) is 0 Å². The van der Waals surface area contributed by atoms with Crippen molar-refractivity contribution in [2.45, 2.75) is 40.6 Å². The molecule has 0 bridgehead atoms. The number of hydrogen-bond donors (Lipinski definition) is 0. The first-order chi connectivity index (χ1) is 12.5. The molecule has 31 heavy (non-hydrogen) atoms. The smallest absolute Gasteiger partial charge is 0.427 e. The minimum absolute atomic E-state index is 0. The van der Waals surface area contributed by atoms with E-state index in [-0.39, 0.29) is 33.7 Å². The number of rotatable bonds is 6. The van der Waals surface area contributed by atoms with E-state index in [1.807, 2.05) is 0 Å². The van der Waals surface area contributed by atoms with Gasteiger partial charge in [0.2, 0.25) is 0 Å². The molecule has 0 atom stereocenters. The third-order valence-electron chi connectivity index (χ3n) is 2.72. The Bertz CT molecular complexity index is 855. The standard InChI is InChI=1S/C7F16NO4S2.Na/c8-1(9,4(13,14)15)2(10,11)7(22,23)30(27,28)24-29(25,26)3(12,5(16,17)18)6(19,20)21;/q-1;+1. The fourth-order valence-corrected chi connectivity index (χ4v) is 4.06. The van der Waals surface area contributed by atoms with Gasteiger partial charge in [-0.1, -0.05) is 0 Å². The molecular formula is C7F16NNaO4S2. The van der Waals surface area contributed by atoms with Gasteiger partial charge in [-0.2, -0.15) is 65.9 Å². The van der Waals surface area contributed by atoms with Crippen LogP contribution >= 0.6 is 0 Å². The molecule has 0 heterocycles. The molecule has 0 fully saturated rings. The fourth-order valence-electron chi connectivity index (χ4n) is 1.20. The van der Waals surface area contributed by atoms with Crippen molar-refractivity contribution >= 4 is 20.0 Å². The minimum atomic E-state index is -8.69. The van der Waals surface area contributed by atoms with Crippen LogP contribution in [0.15, 0.2) is 0 Å². The summed E-state index contributed by atoms with van der Waals surface area (Å²) in [5.41, 5.74) is 0. The van der Waals surface area contributed by atoms with Gasteiger partial charge < -0.3 is 4.13 Å². The Morgan fingerprint density at radius 3 is 0.968 bits per heavy atom. The summed E-state index contributed by atoms with van der Waals surface area (Å²) in [4.78, 5) is 0. The van der Waals surface area contributed by atoms with E-state index in [1.165, 1.54) is 0 Å². The molecule has 0 saturated carbocycles. The van der Waals surface area contributed by atoms with Gasteiger partial charge in [-0.05, 0) is 0 Å². The summed E-state index contributed by atoms with van der Waals surface area (Å²) in [5, 5.41) is -16.0. The summed E-state index contributed by atoms with van der Waals surface area (Å²) >= 11 is 0. The van der Waals surface area contributed by atoms with Crippen LogP contribution < -0.4 is 29.6 Å². The molecule has 0 saturated heterocycles. The van der Waals surface area contributed by atoms with Crippen LogP contribution in [-0.4, -0.2) is 57.5 Å². The average molecular weight is 553 g/mol. The van der Waals surface area contributed by atoms with E-state index in [4.69, 9.17) is 0 Å². The molecule has 0 spiro atoms. The van der Waals surface area contributed by atoms with Gasteiger partial charge >= 0.3 is 70.2 Å². The molecule has 0 aliphatic carbocycles. The maximum Gasteiger partial charge on any atom is 1.00 e. The van der Waals surface area contributed by atoms with Gasteiger partial charge in [-0.3, -0.25) is 0 Å². The van der Waals surface area contributed by atoms with Gasteiger partial charge in [0, 0.05) is 0 Å². The summed E-state index contributed by atoms with van der Waals surface area (Å²) in [6.07, 6.45) is -23.3. The third-order valence-corrected chi connectivity index (χ3v) is 6.37. The molecule has 0 aliphatic heterocycles. The second kappa shape index (κ2) is 8.20. The Balaban J connectivity index is 0. The second-order valence-corrected chi connectivity index (χ2v) is 8.35. The van der Waals surface area contributed by atoms with E-state index in [9.17, 15) is 87.1 Å². The van der Waals surface area contributed by atoms with E-state index >= 15 is 0 Å². The SMILES string of the molecule is O=S(=O)([N-]S(=O)(=O)C(F)(C(F)(F)F)C(F)(F)F)C(F)(F)C(F)(F)C(F)(F)C(F)(F)F.[Na+]. The Morgan fingerprint density at radius 1 is 0.452 bits per heavy atom. The van der Waals surface area contributed by atoms with Gasteiger partial charge in [-0.25, -0.2) is 21.2 Å². The average Bonchev–Trinajstić information content (AvgIpc) is 2.40. The zero-order valence-electron chi connectivity index (χ0n) is 13.4. The Labute approximate surface area is 181 Å². The van der Waals surface area contributed by atoms with Crippen molar-refractivity contribution in [3.05, 3.63) is 4.13 Å². The molecule has 0 N–H and O–H groups in total. The van der Waals surface area contributed by atoms with Crippen LogP contribution in [0.1, 0.15) is 0 Å². The summed E-state index contributed by atoms with van der Waals surface area (Å²) in [6.45, 7) is 0. The first kappa shape index (κ1) is 32.9. The van der Waals surface area contributed by atoms with Crippen molar-refractivity contribution in [3.63, 3.8) is 0 Å². The van der Waals surface area contributed by atoms with Crippen molar-refractivity contribution in [2.24, 2.45) is 0 Å². The van der Waals surface area contributed by atoms with Crippen molar-refractivity contribution < 1.29 is 117 Å². The molecule has 182 valence electrons. The summed E-state index contributed by atoms with van der Waals surface area (Å²) in [5.74, 6) is -16.3. The fraction of sp³-hybridized carbons (Fsp3) is 1.00. The number of nitrogens with zero attached hydrogens (tertiary/aromatic N) is 1. The number of hydrogen-bond acceptors (Lipinski definition) is 4. The zero-order chi connectivity index (χ0) is 25.2. The second-order valence-electron chi connectivity index (χ2n) is 4.78. The topological polar surface area (TPSA) is 82.4 Å². The van der Waals surface area contributed by atoms with Gasteiger partial charge in [0.1, 0.15) is 10.0 Å². The van der Waals surface area contributed by atoms with Crippen LogP contribution in [0.3, 0.4) is 0 Å². The van der Waals surface area contributed by atoms with Crippen LogP contribution in [0.25, 0.3) is 4.13 Å². The van der Waals surface area contributed by atoms with Gasteiger partial charge in [-0.15, -0.1) is 0 Å². The van der Waals surface area contributed by atoms with E-state index < -0.39 is 60.7 Å². The quantitative estimate of drug-likeness (QED) is 0.367. The Hall–Kier alpha value is -0.260. The third kappa shape index (κ3) is 4.84. The first-order valence-corrected chi connectivity index (χ1v) is 8.59. The number of halogens is 16. The van der Waals surface area contributed by atoms with Crippen molar-refractivity contribution in [2.75, 3.05) is 0 Å². The molecule has 0 aliphatic rings. The molecular weight excluding hydrogens is 553 g/mol. The van der Waals surface area contributed by atoms with E-state index in [0.29, 0.717) is 0 Å². The van der Waals surface area contributed by atoms with Crippen molar-refractivity contribution in [1.82, 2.24) is 0 Å². The molecule has 0 aromatic rings. The Kier molecular flexibility index (Phi) is 8.70. The molecule has 0 aromatic heterocycles. The maximum absolute atomic E-state index is 13.3. The molecule has 0 rings (SSSR count). The van der Waals surface area contributed by atoms with Crippen LogP contribution in [-0.2, 0) is 20.0 Å². The summed E-state index contributed by atoms with van der Waals surface area (Å²) in [7, 11) is -17.3. The summed E-state index contributed by atoms with van der Waals surface area (Å²) < 4.78 is 242. The minimum Gasteiger partial charge on any atom is -0.427 e. The number of sulfonamides is 2. The van der Waals surface area contributed by atoms with Gasteiger partial charge in [0.05, 0.1) is 0 Å². The molecule has 0 aromatic carbocycles. The van der Waals surface area contributed by atoms with Gasteiger partial charge in [0.25, 0.3) is 0 Å². The van der Waals surface area contributed by atoms with Crippen LogP contribution in [0, 0.1) is 0 Å². The van der Waals surface area contributed by atoms with Crippen LogP contribution in [0.2, 0.25) is 0 Å². The molecule has 24 heteroatoms. The van der Waals surface area contributed by atoms with Crippen LogP contribution in [0.4, 0.5) is 70.2 Å². The zero-order valence-corrected chi connectivity index (χ0v) is 17.1. The predicted molar refractivity (Wildman–Crippen MR) is 58.0 cm³/mol. The molecule has 0 unspecified atom stereocenters. The van der Waals surface area contributed by atoms with Gasteiger partial charge in [0.15, 0.2) is 10.0 Å². The van der Waals surface area contributed by atoms with E-state index in [0.717, 1.165) is 0 Å². The van der Waals surface area contributed by atoms with Crippen molar-refractivity contribution in [1.29, 1.82) is 0 Å². The predicted octanol–water partition coefficient (Wildman–Crippen LogP) is 1.24. The van der Waals surface area contributed by atoms with Crippen LogP contribution in [0.5, 0.6) is 0 Å². The molecule has 0 radical (unpaired) electrons. The first-order valence-electron chi connectivity index (χ1n) is 5.71. The largest absolute Gasteiger partial charge is 1.00 e. The monoisotopic (exact) mass is 553 g/mol.